The van der Waals surface area contributed by atoms with Crippen LogP contribution in [0.3, 0.4) is 0 Å². The largest absolute Gasteiger partial charge is 0.394 e. The van der Waals surface area contributed by atoms with E-state index in [-0.39, 0.29) is 30.0 Å². The molecule has 7 nitrogen and oxygen atoms in total. The third-order valence-corrected chi connectivity index (χ3v) is 6.66. The van der Waals surface area contributed by atoms with Gasteiger partial charge in [0.1, 0.15) is 5.52 Å². The number of amides is 1. The second-order valence-corrected chi connectivity index (χ2v) is 9.23. The standard InChI is InChI=1S/C25H30ClFN4O3/c1-16-7-8-20(19(26)13-16)29-23-18(25(33)30-34-12-11-32)14-21-24(22(23)27)28-15-31(21)10-9-17-5-3-2-4-6-17/h7-8,13-15,17,29,32H,2-6,9-12H2,1H3,(H,30,33). The molecule has 1 fully saturated rings. The highest BCUT2D eigenvalue weighted by Gasteiger charge is 2.23. The Hall–Kier alpha value is -2.68. The summed E-state index contributed by atoms with van der Waals surface area (Å²) in [6.07, 6.45) is 8.89. The van der Waals surface area contributed by atoms with Gasteiger partial charge in [-0.15, -0.1) is 0 Å². The summed E-state index contributed by atoms with van der Waals surface area (Å²) < 4.78 is 17.6. The second kappa shape index (κ2) is 11.2. The van der Waals surface area contributed by atoms with E-state index in [1.54, 1.807) is 24.5 Å². The molecule has 2 aromatic carbocycles. The van der Waals surface area contributed by atoms with Gasteiger partial charge in [-0.05, 0) is 43.0 Å². The molecule has 1 aliphatic rings. The number of benzene rings is 2. The lowest BCUT2D eigenvalue weighted by molar-refractivity contribution is 0.0169. The lowest BCUT2D eigenvalue weighted by Crippen LogP contribution is -2.26. The number of nitrogens with zero attached hydrogens (tertiary/aromatic N) is 2. The molecule has 3 N–H and O–H groups in total. The lowest BCUT2D eigenvalue weighted by Gasteiger charge is -2.21. The van der Waals surface area contributed by atoms with Crippen molar-refractivity contribution >= 4 is 39.9 Å². The minimum Gasteiger partial charge on any atom is -0.394 e. The number of rotatable bonds is 9. The zero-order chi connectivity index (χ0) is 24.1. The lowest BCUT2D eigenvalue weighted by atomic mass is 9.87. The molecule has 1 aromatic heterocycles. The van der Waals surface area contributed by atoms with Gasteiger partial charge in [0.25, 0.3) is 5.91 Å². The van der Waals surface area contributed by atoms with E-state index in [4.69, 9.17) is 21.5 Å². The Morgan fingerprint density at radius 3 is 2.82 bits per heavy atom. The van der Waals surface area contributed by atoms with E-state index in [1.165, 1.54) is 32.1 Å². The van der Waals surface area contributed by atoms with E-state index in [0.717, 1.165) is 12.0 Å². The number of fused-ring (bicyclic) bond motifs is 1. The monoisotopic (exact) mass is 488 g/mol. The van der Waals surface area contributed by atoms with Crippen LogP contribution < -0.4 is 10.8 Å². The highest BCUT2D eigenvalue weighted by atomic mass is 35.5. The zero-order valence-corrected chi connectivity index (χ0v) is 20.0. The summed E-state index contributed by atoms with van der Waals surface area (Å²) in [5.41, 5.74) is 4.43. The zero-order valence-electron chi connectivity index (χ0n) is 19.2. The van der Waals surface area contributed by atoms with Crippen molar-refractivity contribution in [2.75, 3.05) is 18.5 Å². The SMILES string of the molecule is Cc1ccc(Nc2c(C(=O)NOCCO)cc3c(ncn3CCC3CCCCC3)c2F)c(Cl)c1. The van der Waals surface area contributed by atoms with Crippen molar-refractivity contribution in [1.82, 2.24) is 15.0 Å². The molecule has 0 unspecified atom stereocenters. The molecular weight excluding hydrogens is 459 g/mol. The molecule has 9 heteroatoms. The van der Waals surface area contributed by atoms with Crippen LogP contribution in [0.25, 0.3) is 11.0 Å². The van der Waals surface area contributed by atoms with Crippen LogP contribution in [0.4, 0.5) is 15.8 Å². The van der Waals surface area contributed by atoms with Crippen molar-refractivity contribution < 1.29 is 19.1 Å². The first-order chi connectivity index (χ1) is 16.5. The number of hydrogen-bond acceptors (Lipinski definition) is 5. The summed E-state index contributed by atoms with van der Waals surface area (Å²) in [4.78, 5) is 22.2. The quantitative estimate of drug-likeness (QED) is 0.273. The highest BCUT2D eigenvalue weighted by Crippen LogP contribution is 2.34. The summed E-state index contributed by atoms with van der Waals surface area (Å²) in [7, 11) is 0. The molecule has 34 heavy (non-hydrogen) atoms. The Labute approximate surface area is 203 Å². The first-order valence-corrected chi connectivity index (χ1v) is 12.1. The number of nitrogens with one attached hydrogen (secondary N) is 2. The van der Waals surface area contributed by atoms with Gasteiger partial charge in [0.15, 0.2) is 5.82 Å². The van der Waals surface area contributed by atoms with E-state index in [0.29, 0.717) is 28.7 Å². The number of hydroxylamine groups is 1. The first kappa shape index (κ1) is 24.4. The van der Waals surface area contributed by atoms with Crippen molar-refractivity contribution in [2.45, 2.75) is 52.0 Å². The molecule has 1 saturated carbocycles. The van der Waals surface area contributed by atoms with E-state index in [1.807, 2.05) is 17.6 Å². The molecule has 0 radical (unpaired) electrons. The van der Waals surface area contributed by atoms with Crippen LogP contribution >= 0.6 is 11.6 Å². The molecule has 1 aliphatic carbocycles. The average Bonchev–Trinajstić information content (AvgIpc) is 3.24. The highest BCUT2D eigenvalue weighted by molar-refractivity contribution is 6.33. The number of carbonyl (C=O) groups is 1. The van der Waals surface area contributed by atoms with Crippen molar-refractivity contribution in [3.05, 3.63) is 52.6 Å². The van der Waals surface area contributed by atoms with Crippen molar-refractivity contribution in [3.63, 3.8) is 0 Å². The predicted octanol–water partition coefficient (Wildman–Crippen LogP) is 5.50. The molecule has 182 valence electrons. The number of aryl methyl sites for hydroxylation is 2. The van der Waals surface area contributed by atoms with Crippen LogP contribution in [-0.2, 0) is 11.4 Å². The average molecular weight is 489 g/mol. The van der Waals surface area contributed by atoms with Gasteiger partial charge in [-0.2, -0.15) is 0 Å². The number of aliphatic hydroxyl groups is 1. The van der Waals surface area contributed by atoms with Crippen LogP contribution in [0.15, 0.2) is 30.6 Å². The van der Waals surface area contributed by atoms with Gasteiger partial charge in [0, 0.05) is 6.54 Å². The van der Waals surface area contributed by atoms with E-state index in [2.05, 4.69) is 15.8 Å². The predicted molar refractivity (Wildman–Crippen MR) is 131 cm³/mol. The number of imidazole rings is 1. The maximum Gasteiger partial charge on any atom is 0.277 e. The topological polar surface area (TPSA) is 88.4 Å². The fraction of sp³-hybridized carbons (Fsp3) is 0.440. The minimum atomic E-state index is -0.641. The van der Waals surface area contributed by atoms with E-state index < -0.39 is 11.7 Å². The minimum absolute atomic E-state index is 0.0408. The number of aliphatic hydroxyl groups excluding tert-OH is 1. The number of halogens is 2. The summed E-state index contributed by atoms with van der Waals surface area (Å²) in [5.74, 6) is -0.617. The Balaban J connectivity index is 1.69. The molecule has 1 amide bonds. The van der Waals surface area contributed by atoms with E-state index >= 15 is 4.39 Å². The Morgan fingerprint density at radius 1 is 1.29 bits per heavy atom. The molecule has 3 aromatic rings. The molecule has 0 spiro atoms. The van der Waals surface area contributed by atoms with Crippen LogP contribution in [0.5, 0.6) is 0 Å². The number of carbonyl (C=O) groups excluding carboxylic acids is 1. The van der Waals surface area contributed by atoms with Gasteiger partial charge in [-0.25, -0.2) is 14.9 Å². The fourth-order valence-corrected chi connectivity index (χ4v) is 4.79. The van der Waals surface area contributed by atoms with Crippen LogP contribution in [0.2, 0.25) is 5.02 Å². The second-order valence-electron chi connectivity index (χ2n) is 8.82. The van der Waals surface area contributed by atoms with Crippen LogP contribution in [0, 0.1) is 18.7 Å². The van der Waals surface area contributed by atoms with Crippen molar-refractivity contribution in [1.29, 1.82) is 0 Å². The third-order valence-electron chi connectivity index (χ3n) is 6.35. The Morgan fingerprint density at radius 2 is 2.09 bits per heavy atom. The van der Waals surface area contributed by atoms with Crippen molar-refractivity contribution in [3.8, 4) is 0 Å². The molecular formula is C25H30ClFN4O3. The van der Waals surface area contributed by atoms with Crippen molar-refractivity contribution in [2.24, 2.45) is 5.92 Å². The summed E-state index contributed by atoms with van der Waals surface area (Å²) in [6.45, 7) is 2.27. The molecule has 4 rings (SSSR count). The van der Waals surface area contributed by atoms with E-state index in [9.17, 15) is 4.79 Å². The van der Waals surface area contributed by atoms with Gasteiger partial charge in [-0.3, -0.25) is 9.63 Å². The fourth-order valence-electron chi connectivity index (χ4n) is 4.51. The molecule has 0 bridgehead atoms. The number of aromatic nitrogens is 2. The number of anilines is 2. The Kier molecular flexibility index (Phi) is 8.03. The molecule has 0 atom stereocenters. The van der Waals surface area contributed by atoms with Gasteiger partial charge >= 0.3 is 0 Å². The molecule has 0 saturated heterocycles. The maximum absolute atomic E-state index is 15.7. The Bertz CT molecular complexity index is 1160. The van der Waals surface area contributed by atoms with Gasteiger partial charge in [0.05, 0.1) is 47.0 Å². The maximum atomic E-state index is 15.7. The summed E-state index contributed by atoms with van der Waals surface area (Å²) in [6, 6.07) is 6.95. The van der Waals surface area contributed by atoms with Crippen LogP contribution in [-0.4, -0.2) is 33.8 Å². The number of hydrogen-bond donors (Lipinski definition) is 3. The summed E-state index contributed by atoms with van der Waals surface area (Å²) >= 11 is 6.35. The van der Waals surface area contributed by atoms with Gasteiger partial charge in [-0.1, -0.05) is 49.8 Å². The molecule has 0 aliphatic heterocycles. The van der Waals surface area contributed by atoms with Gasteiger partial charge < -0.3 is 15.0 Å². The third kappa shape index (κ3) is 5.51. The van der Waals surface area contributed by atoms with Gasteiger partial charge in [0.2, 0.25) is 0 Å². The summed E-state index contributed by atoms with van der Waals surface area (Å²) in [5, 5.41) is 12.3. The van der Waals surface area contributed by atoms with Crippen LogP contribution in [0.1, 0.15) is 54.4 Å². The first-order valence-electron chi connectivity index (χ1n) is 11.7. The molecule has 1 heterocycles. The normalized spacial score (nSPS) is 14.5. The smallest absolute Gasteiger partial charge is 0.277 e.